The van der Waals surface area contributed by atoms with Gasteiger partial charge in [-0.05, 0) is 0 Å². The molecule has 0 aromatic heterocycles. The molecule has 0 aromatic rings. The van der Waals surface area contributed by atoms with Crippen LogP contribution in [0.25, 0.3) is 0 Å². The Labute approximate surface area is 97.5 Å². The lowest BCUT2D eigenvalue weighted by Gasteiger charge is -2.26. The van der Waals surface area contributed by atoms with E-state index in [0.29, 0.717) is 0 Å². The molecule has 1 N–H and O–H groups in total. The van der Waals surface area contributed by atoms with E-state index in [1.54, 1.807) is 18.9 Å². The number of thioether (sulfide) groups is 1. The Hall–Kier alpha value is 0.260. The summed E-state index contributed by atoms with van der Waals surface area (Å²) in [6.07, 6.45) is -0.184. The third-order valence-electron chi connectivity index (χ3n) is 1.87. The molecule has 1 saturated heterocycles. The second-order valence-electron chi connectivity index (χ2n) is 4.26. The van der Waals surface area contributed by atoms with Gasteiger partial charge in [-0.15, -0.1) is 11.8 Å². The monoisotopic (exact) mass is 281 g/mol. The summed E-state index contributed by atoms with van der Waals surface area (Å²) in [7, 11) is 1.62. The first-order valence-corrected chi connectivity index (χ1v) is 6.30. The number of carbonyl (C=O) groups is 1. The van der Waals surface area contributed by atoms with Gasteiger partial charge in [0.25, 0.3) is 0 Å². The summed E-state index contributed by atoms with van der Waals surface area (Å²) in [6, 6.07) is 0. The van der Waals surface area contributed by atoms with Crippen LogP contribution >= 0.6 is 27.7 Å². The maximum Gasteiger partial charge on any atom is 0.237 e. The van der Waals surface area contributed by atoms with Gasteiger partial charge in [0.15, 0.2) is 0 Å². The van der Waals surface area contributed by atoms with Crippen molar-refractivity contribution >= 4 is 33.6 Å². The molecular formula is C9H16BrNO2S. The molecular weight excluding hydrogens is 266 g/mol. The van der Waals surface area contributed by atoms with Crippen molar-refractivity contribution in [3.05, 3.63) is 0 Å². The van der Waals surface area contributed by atoms with Crippen molar-refractivity contribution < 1.29 is 9.53 Å². The average Bonchev–Trinajstić information content (AvgIpc) is 2.30. The van der Waals surface area contributed by atoms with Crippen LogP contribution in [0.15, 0.2) is 0 Å². The van der Waals surface area contributed by atoms with Crippen LogP contribution in [-0.2, 0) is 9.53 Å². The molecule has 0 aromatic carbocycles. The van der Waals surface area contributed by atoms with E-state index in [0.717, 1.165) is 0 Å². The normalized spacial score (nSPS) is 33.2. The minimum absolute atomic E-state index is 0.0126. The molecule has 0 aliphatic carbocycles. The molecule has 14 heavy (non-hydrogen) atoms. The zero-order valence-electron chi connectivity index (χ0n) is 8.83. The molecule has 1 rings (SSSR count). The molecule has 1 aliphatic rings. The first-order valence-electron chi connectivity index (χ1n) is 4.50. The fourth-order valence-electron chi connectivity index (χ4n) is 1.33. The molecule has 1 aliphatic heterocycles. The van der Waals surface area contributed by atoms with Crippen molar-refractivity contribution in [2.45, 2.75) is 41.8 Å². The van der Waals surface area contributed by atoms with Crippen LogP contribution < -0.4 is 5.32 Å². The summed E-state index contributed by atoms with van der Waals surface area (Å²) >= 11 is 5.14. The largest absolute Gasteiger partial charge is 0.360 e. The van der Waals surface area contributed by atoms with Gasteiger partial charge < -0.3 is 10.1 Å². The van der Waals surface area contributed by atoms with Crippen molar-refractivity contribution in [2.24, 2.45) is 0 Å². The topological polar surface area (TPSA) is 38.3 Å². The van der Waals surface area contributed by atoms with Gasteiger partial charge in [0, 0.05) is 11.9 Å². The second-order valence-corrected chi connectivity index (χ2v) is 7.25. The van der Waals surface area contributed by atoms with Crippen molar-refractivity contribution in [2.75, 3.05) is 7.11 Å². The minimum Gasteiger partial charge on any atom is -0.360 e. The van der Waals surface area contributed by atoms with E-state index in [1.165, 1.54) is 0 Å². The fraction of sp³-hybridized carbons (Fsp3) is 0.889. The van der Waals surface area contributed by atoms with E-state index >= 15 is 0 Å². The number of alkyl halides is 1. The van der Waals surface area contributed by atoms with E-state index in [9.17, 15) is 4.79 Å². The number of amides is 1. The molecule has 0 spiro atoms. The highest BCUT2D eigenvalue weighted by molar-refractivity contribution is 9.10. The van der Waals surface area contributed by atoms with Crippen LogP contribution in [0.3, 0.4) is 0 Å². The summed E-state index contributed by atoms with van der Waals surface area (Å²) in [5, 5.41) is 2.93. The predicted octanol–water partition coefficient (Wildman–Crippen LogP) is 1.75. The van der Waals surface area contributed by atoms with E-state index < -0.39 is 0 Å². The van der Waals surface area contributed by atoms with Gasteiger partial charge in [-0.1, -0.05) is 36.7 Å². The molecule has 1 fully saturated rings. The first kappa shape index (κ1) is 12.3. The first-order chi connectivity index (χ1) is 6.35. The number of hydrogen-bond donors (Lipinski definition) is 1. The van der Waals surface area contributed by atoms with Gasteiger partial charge in [-0.25, -0.2) is 0 Å². The SMILES string of the molecule is CO[C@H]1NC(=O)[C@@H](Br)[C@@H]1SC(C)(C)C. The lowest BCUT2D eigenvalue weighted by Crippen LogP contribution is -2.34. The van der Waals surface area contributed by atoms with Gasteiger partial charge in [0.2, 0.25) is 5.91 Å². The van der Waals surface area contributed by atoms with E-state index in [1.807, 2.05) is 0 Å². The Kier molecular flexibility index (Phi) is 3.88. The molecule has 3 nitrogen and oxygen atoms in total. The maximum atomic E-state index is 11.4. The van der Waals surface area contributed by atoms with Gasteiger partial charge in [-0.2, -0.15) is 0 Å². The third kappa shape index (κ3) is 2.87. The maximum absolute atomic E-state index is 11.4. The molecule has 0 saturated carbocycles. The Morgan fingerprint density at radius 3 is 2.50 bits per heavy atom. The van der Waals surface area contributed by atoms with Gasteiger partial charge in [0.1, 0.15) is 11.1 Å². The Bertz CT molecular complexity index is 229. The van der Waals surface area contributed by atoms with Crippen molar-refractivity contribution in [1.82, 2.24) is 5.32 Å². The number of carbonyl (C=O) groups excluding carboxylic acids is 1. The quantitative estimate of drug-likeness (QED) is 0.784. The summed E-state index contributed by atoms with van der Waals surface area (Å²) in [5.74, 6) is 0.0126. The van der Waals surface area contributed by atoms with Gasteiger partial charge in [-0.3, -0.25) is 4.79 Å². The number of rotatable bonds is 2. The zero-order valence-corrected chi connectivity index (χ0v) is 11.2. The highest BCUT2D eigenvalue weighted by Crippen LogP contribution is 2.37. The highest BCUT2D eigenvalue weighted by Gasteiger charge is 2.43. The Balaban J connectivity index is 2.69. The van der Waals surface area contributed by atoms with Gasteiger partial charge >= 0.3 is 0 Å². The summed E-state index contributed by atoms with van der Waals surface area (Å²) in [6.45, 7) is 6.40. The third-order valence-corrected chi connectivity index (χ3v) is 4.70. The summed E-state index contributed by atoms with van der Waals surface area (Å²) in [5.41, 5.74) is 0. The van der Waals surface area contributed by atoms with Crippen LogP contribution in [0.4, 0.5) is 0 Å². The van der Waals surface area contributed by atoms with Crippen LogP contribution in [0.1, 0.15) is 20.8 Å². The molecule has 82 valence electrons. The molecule has 0 unspecified atom stereocenters. The summed E-state index contributed by atoms with van der Waals surface area (Å²) < 4.78 is 5.35. The van der Waals surface area contributed by atoms with E-state index in [-0.39, 0.29) is 27.0 Å². The summed E-state index contributed by atoms with van der Waals surface area (Å²) in [4.78, 5) is 11.2. The second kappa shape index (κ2) is 4.41. The number of nitrogens with one attached hydrogen (secondary N) is 1. The smallest absolute Gasteiger partial charge is 0.237 e. The van der Waals surface area contributed by atoms with Crippen LogP contribution in [0.2, 0.25) is 0 Å². The molecule has 3 atom stereocenters. The lowest BCUT2D eigenvalue weighted by molar-refractivity contribution is -0.120. The molecule has 5 heteroatoms. The molecule has 1 amide bonds. The molecule has 0 radical (unpaired) electrons. The fourth-order valence-corrected chi connectivity index (χ4v) is 3.42. The minimum atomic E-state index is -0.184. The highest BCUT2D eigenvalue weighted by atomic mass is 79.9. The molecule has 1 heterocycles. The lowest BCUT2D eigenvalue weighted by atomic mass is 10.3. The van der Waals surface area contributed by atoms with E-state index in [4.69, 9.17) is 4.74 Å². The number of ether oxygens (including phenoxy) is 1. The van der Waals surface area contributed by atoms with Crippen molar-refractivity contribution in [1.29, 1.82) is 0 Å². The number of methoxy groups -OCH3 is 1. The van der Waals surface area contributed by atoms with Crippen LogP contribution in [-0.4, -0.2) is 34.1 Å². The average molecular weight is 282 g/mol. The van der Waals surface area contributed by atoms with Gasteiger partial charge in [0.05, 0.1) is 5.25 Å². The predicted molar refractivity (Wildman–Crippen MR) is 62.8 cm³/mol. The number of hydrogen-bond acceptors (Lipinski definition) is 3. The Morgan fingerprint density at radius 2 is 2.07 bits per heavy atom. The number of halogens is 1. The van der Waals surface area contributed by atoms with Crippen molar-refractivity contribution in [3.8, 4) is 0 Å². The van der Waals surface area contributed by atoms with E-state index in [2.05, 4.69) is 42.0 Å². The molecule has 0 bridgehead atoms. The van der Waals surface area contributed by atoms with Crippen molar-refractivity contribution in [3.63, 3.8) is 0 Å². The van der Waals surface area contributed by atoms with Crippen LogP contribution in [0, 0.1) is 0 Å². The Morgan fingerprint density at radius 1 is 1.50 bits per heavy atom. The van der Waals surface area contributed by atoms with Crippen LogP contribution in [0.5, 0.6) is 0 Å². The standard InChI is InChI=1S/C9H16BrNO2S/c1-9(2,3)14-6-5(10)7(12)11-8(6)13-4/h5-6,8H,1-4H3,(H,11,12)/t5-,6-,8+/m0/s1. The zero-order chi connectivity index (χ0) is 10.9.